The molecular weight excluding hydrogens is 867 g/mol. The molecule has 13 aromatic rings. The van der Waals surface area contributed by atoms with Crippen LogP contribution in [0.2, 0.25) is 0 Å². The van der Waals surface area contributed by atoms with E-state index in [2.05, 4.69) is 254 Å². The van der Waals surface area contributed by atoms with Gasteiger partial charge in [-0.2, -0.15) is 0 Å². The van der Waals surface area contributed by atoms with Crippen LogP contribution in [0.4, 0.5) is 17.1 Å². The molecule has 14 rings (SSSR count). The van der Waals surface area contributed by atoms with Gasteiger partial charge in [0.05, 0.1) is 5.41 Å². The highest BCUT2D eigenvalue weighted by molar-refractivity contribution is 7.25. The number of rotatable bonds is 8. The van der Waals surface area contributed by atoms with Crippen molar-refractivity contribution < 1.29 is 4.42 Å². The molecule has 11 aromatic carbocycles. The zero-order chi connectivity index (χ0) is 46.2. The standard InChI is InChI=1S/C67H43NOS/c1-3-17-49(18-4-1)67(50-19-5-2-6-20-50)60-25-10-7-21-55(60)58-43-53(38-39-61(58)67)68(52-36-31-45(32-37-52)54-24-14-27-63-66(54)57-23-8-11-26-62(57)69-63)51-34-29-44(30-35-51)46-15-13-16-47(41-46)48-33-40-65-59(42-48)56-22-9-12-28-64(56)70-65/h1-43H. The molecule has 0 saturated heterocycles. The van der Waals surface area contributed by atoms with E-state index in [0.717, 1.165) is 50.1 Å². The monoisotopic (exact) mass is 909 g/mol. The lowest BCUT2D eigenvalue weighted by molar-refractivity contribution is 0.669. The molecule has 0 bridgehead atoms. The quantitative estimate of drug-likeness (QED) is 0.151. The summed E-state index contributed by atoms with van der Waals surface area (Å²) in [7, 11) is 0. The number of thiophene rings is 1. The highest BCUT2D eigenvalue weighted by Crippen LogP contribution is 2.57. The molecule has 1 aliphatic carbocycles. The van der Waals surface area contributed by atoms with Crippen LogP contribution < -0.4 is 4.90 Å². The third kappa shape index (κ3) is 6.32. The van der Waals surface area contributed by atoms with Crippen LogP contribution >= 0.6 is 11.3 Å². The van der Waals surface area contributed by atoms with Gasteiger partial charge >= 0.3 is 0 Å². The van der Waals surface area contributed by atoms with Gasteiger partial charge in [-0.05, 0) is 140 Å². The first-order valence-corrected chi connectivity index (χ1v) is 24.8. The average Bonchev–Trinajstić information content (AvgIpc) is 4.10. The van der Waals surface area contributed by atoms with E-state index in [4.69, 9.17) is 4.42 Å². The van der Waals surface area contributed by atoms with E-state index in [9.17, 15) is 0 Å². The van der Waals surface area contributed by atoms with E-state index in [1.165, 1.54) is 75.8 Å². The van der Waals surface area contributed by atoms with Crippen LogP contribution in [0, 0.1) is 0 Å². The van der Waals surface area contributed by atoms with Gasteiger partial charge < -0.3 is 9.32 Å². The lowest BCUT2D eigenvalue weighted by atomic mass is 9.68. The Bertz CT molecular complexity index is 4070. The maximum absolute atomic E-state index is 6.31. The number of fused-ring (bicyclic) bond motifs is 9. The summed E-state index contributed by atoms with van der Waals surface area (Å²) in [6.07, 6.45) is 0. The molecule has 328 valence electrons. The number of furan rings is 1. The van der Waals surface area contributed by atoms with Crippen molar-refractivity contribution >= 4 is 70.5 Å². The predicted molar refractivity (Wildman–Crippen MR) is 295 cm³/mol. The molecule has 0 fully saturated rings. The van der Waals surface area contributed by atoms with Crippen LogP contribution in [0.15, 0.2) is 265 Å². The third-order valence-corrected chi connectivity index (χ3v) is 15.7. The van der Waals surface area contributed by atoms with Gasteiger partial charge in [0.25, 0.3) is 0 Å². The van der Waals surface area contributed by atoms with E-state index < -0.39 is 5.41 Å². The van der Waals surface area contributed by atoms with Crippen molar-refractivity contribution in [3.63, 3.8) is 0 Å². The number of nitrogens with zero attached hydrogens (tertiary/aromatic N) is 1. The lowest BCUT2D eigenvalue weighted by Gasteiger charge is -2.34. The number of para-hydroxylation sites is 1. The molecular formula is C67H43NOS. The van der Waals surface area contributed by atoms with Crippen LogP contribution in [0.1, 0.15) is 22.3 Å². The van der Waals surface area contributed by atoms with Crippen molar-refractivity contribution in [1.82, 2.24) is 0 Å². The van der Waals surface area contributed by atoms with Crippen molar-refractivity contribution in [1.29, 1.82) is 0 Å². The van der Waals surface area contributed by atoms with Crippen LogP contribution in [0.3, 0.4) is 0 Å². The summed E-state index contributed by atoms with van der Waals surface area (Å²) < 4.78 is 8.96. The Balaban J connectivity index is 0.898. The molecule has 0 aliphatic heterocycles. The Morgan fingerprint density at radius 1 is 0.314 bits per heavy atom. The summed E-state index contributed by atoms with van der Waals surface area (Å²) >= 11 is 1.86. The van der Waals surface area contributed by atoms with E-state index in [1.54, 1.807) is 0 Å². The second-order valence-electron chi connectivity index (χ2n) is 18.4. The van der Waals surface area contributed by atoms with Gasteiger partial charge in [-0.3, -0.25) is 0 Å². The maximum atomic E-state index is 6.31. The Hall–Kier alpha value is -8.76. The Morgan fingerprint density at radius 2 is 0.857 bits per heavy atom. The van der Waals surface area contributed by atoms with Crippen LogP contribution in [0.25, 0.3) is 86.6 Å². The SMILES string of the molecule is c1ccc(C2(c3ccccc3)c3ccccc3-c3cc(N(c4ccc(-c5cccc(-c6ccc7sc8ccccc8c7c6)c5)cc4)c4ccc(-c5cccc6oc7ccccc7c56)cc4)ccc32)cc1. The van der Waals surface area contributed by atoms with Crippen molar-refractivity contribution in [2.75, 3.05) is 4.90 Å². The van der Waals surface area contributed by atoms with E-state index in [-0.39, 0.29) is 0 Å². The summed E-state index contributed by atoms with van der Waals surface area (Å²) in [4.78, 5) is 2.41. The van der Waals surface area contributed by atoms with Gasteiger partial charge in [0.1, 0.15) is 11.2 Å². The first-order valence-electron chi connectivity index (χ1n) is 24.0. The van der Waals surface area contributed by atoms with Crippen molar-refractivity contribution in [3.05, 3.63) is 283 Å². The van der Waals surface area contributed by atoms with Gasteiger partial charge in [-0.25, -0.2) is 0 Å². The minimum atomic E-state index is -0.475. The summed E-state index contributed by atoms with van der Waals surface area (Å²) in [6.45, 7) is 0. The lowest BCUT2D eigenvalue weighted by Crippen LogP contribution is -2.28. The summed E-state index contributed by atoms with van der Waals surface area (Å²) in [6, 6.07) is 95.6. The number of benzene rings is 11. The second-order valence-corrected chi connectivity index (χ2v) is 19.4. The smallest absolute Gasteiger partial charge is 0.136 e. The zero-order valence-electron chi connectivity index (χ0n) is 38.1. The van der Waals surface area contributed by atoms with E-state index in [0.29, 0.717) is 0 Å². The third-order valence-electron chi connectivity index (χ3n) is 14.6. The molecule has 1 aliphatic rings. The molecule has 3 heteroatoms. The molecule has 0 amide bonds. The molecule has 2 aromatic heterocycles. The summed E-state index contributed by atoms with van der Waals surface area (Å²) in [5.74, 6) is 0. The fourth-order valence-corrected chi connectivity index (χ4v) is 12.5. The van der Waals surface area contributed by atoms with Crippen LogP contribution in [-0.4, -0.2) is 0 Å². The number of anilines is 3. The topological polar surface area (TPSA) is 16.4 Å². The first kappa shape index (κ1) is 40.3. The minimum absolute atomic E-state index is 0.475. The maximum Gasteiger partial charge on any atom is 0.136 e. The van der Waals surface area contributed by atoms with E-state index in [1.807, 2.05) is 23.5 Å². The normalized spacial score (nSPS) is 12.7. The fraction of sp³-hybridized carbons (Fsp3) is 0.0149. The molecule has 2 heterocycles. The summed E-state index contributed by atoms with van der Waals surface area (Å²) in [5.41, 5.74) is 19.2. The predicted octanol–water partition coefficient (Wildman–Crippen LogP) is 18.8. The highest BCUT2D eigenvalue weighted by atomic mass is 32.1. The Kier molecular flexibility index (Phi) is 9.33. The van der Waals surface area contributed by atoms with Gasteiger partial charge in [-0.15, -0.1) is 11.3 Å². The zero-order valence-corrected chi connectivity index (χ0v) is 38.9. The van der Waals surface area contributed by atoms with Gasteiger partial charge in [0.2, 0.25) is 0 Å². The van der Waals surface area contributed by atoms with Gasteiger partial charge in [0, 0.05) is 48.0 Å². The van der Waals surface area contributed by atoms with Gasteiger partial charge in [-0.1, -0.05) is 188 Å². The van der Waals surface area contributed by atoms with Gasteiger partial charge in [0.15, 0.2) is 0 Å². The number of hydrogen-bond donors (Lipinski definition) is 0. The largest absolute Gasteiger partial charge is 0.456 e. The highest BCUT2D eigenvalue weighted by Gasteiger charge is 2.46. The molecule has 70 heavy (non-hydrogen) atoms. The molecule has 0 N–H and O–H groups in total. The first-order chi connectivity index (χ1) is 34.7. The average molecular weight is 910 g/mol. The fourth-order valence-electron chi connectivity index (χ4n) is 11.4. The van der Waals surface area contributed by atoms with Crippen molar-refractivity contribution in [2.24, 2.45) is 0 Å². The van der Waals surface area contributed by atoms with Crippen LogP contribution in [-0.2, 0) is 5.41 Å². The molecule has 0 saturated carbocycles. The molecule has 0 radical (unpaired) electrons. The molecule has 2 nitrogen and oxygen atoms in total. The summed E-state index contributed by atoms with van der Waals surface area (Å²) in [5, 5.41) is 4.90. The van der Waals surface area contributed by atoms with Crippen molar-refractivity contribution in [3.8, 4) is 44.5 Å². The van der Waals surface area contributed by atoms with Crippen molar-refractivity contribution in [2.45, 2.75) is 5.41 Å². The van der Waals surface area contributed by atoms with Crippen LogP contribution in [0.5, 0.6) is 0 Å². The molecule has 0 atom stereocenters. The molecule has 0 unspecified atom stereocenters. The Morgan fingerprint density at radius 3 is 1.63 bits per heavy atom. The van der Waals surface area contributed by atoms with E-state index >= 15 is 0 Å². The Labute approximate surface area is 410 Å². The minimum Gasteiger partial charge on any atom is -0.456 e. The number of hydrogen-bond acceptors (Lipinski definition) is 3. The molecule has 0 spiro atoms. The second kappa shape index (κ2) is 16.2.